The summed E-state index contributed by atoms with van der Waals surface area (Å²) in [6, 6.07) is 56.2. The summed E-state index contributed by atoms with van der Waals surface area (Å²) in [5.41, 5.74) is 10.7. The Morgan fingerprint density at radius 2 is 0.848 bits per heavy atom. The summed E-state index contributed by atoms with van der Waals surface area (Å²) in [5.74, 6) is 0. The van der Waals surface area contributed by atoms with Crippen LogP contribution in [0.25, 0.3) is 98.8 Å². The van der Waals surface area contributed by atoms with Gasteiger partial charge in [0.1, 0.15) is 22.3 Å². The molecule has 214 valence electrons. The predicted molar refractivity (Wildman–Crippen MR) is 192 cm³/mol. The van der Waals surface area contributed by atoms with E-state index in [1.165, 1.54) is 43.8 Å². The first-order chi connectivity index (χ1) is 22.8. The summed E-state index contributed by atoms with van der Waals surface area (Å²) in [5, 5.41) is 9.34. The fourth-order valence-corrected chi connectivity index (χ4v) is 7.43. The van der Waals surface area contributed by atoms with Crippen LogP contribution in [-0.2, 0) is 0 Å². The zero-order valence-electron chi connectivity index (χ0n) is 24.8. The van der Waals surface area contributed by atoms with Crippen LogP contribution in [0.15, 0.2) is 167 Å². The van der Waals surface area contributed by atoms with Crippen LogP contribution in [0.4, 0.5) is 0 Å². The van der Waals surface area contributed by atoms with Crippen molar-refractivity contribution in [2.75, 3.05) is 0 Å². The molecule has 2 heterocycles. The second kappa shape index (κ2) is 9.69. The minimum atomic E-state index is 0.837. The van der Waals surface area contributed by atoms with E-state index in [0.717, 1.165) is 55.0 Å². The van der Waals surface area contributed by atoms with Gasteiger partial charge in [0.2, 0.25) is 0 Å². The molecular weight excluding hydrogens is 560 g/mol. The molecule has 0 atom stereocenters. The molecule has 10 rings (SSSR count). The highest BCUT2D eigenvalue weighted by molar-refractivity contribution is 6.23. The van der Waals surface area contributed by atoms with Crippen LogP contribution in [0.3, 0.4) is 0 Å². The van der Waals surface area contributed by atoms with Crippen LogP contribution < -0.4 is 0 Å². The summed E-state index contributed by atoms with van der Waals surface area (Å²) >= 11 is 0. The fourth-order valence-electron chi connectivity index (χ4n) is 7.43. The maximum absolute atomic E-state index is 6.44. The molecule has 2 nitrogen and oxygen atoms in total. The molecule has 8 aromatic carbocycles. The smallest absolute Gasteiger partial charge is 0.147 e. The largest absolute Gasteiger partial charge is 0.456 e. The number of benzene rings is 8. The van der Waals surface area contributed by atoms with Gasteiger partial charge in [-0.3, -0.25) is 0 Å². The number of hydrogen-bond donors (Lipinski definition) is 0. The third-order valence-corrected chi connectivity index (χ3v) is 9.46. The maximum atomic E-state index is 6.44. The molecule has 0 N–H and O–H groups in total. The number of rotatable bonds is 3. The van der Waals surface area contributed by atoms with Gasteiger partial charge in [-0.05, 0) is 91.3 Å². The van der Waals surface area contributed by atoms with E-state index in [2.05, 4.69) is 146 Å². The number of fused-ring (bicyclic) bond motifs is 9. The lowest BCUT2D eigenvalue weighted by molar-refractivity contribution is 0.663. The fraction of sp³-hybridized carbons (Fsp3) is 0. The summed E-state index contributed by atoms with van der Waals surface area (Å²) in [4.78, 5) is 0. The van der Waals surface area contributed by atoms with Gasteiger partial charge >= 0.3 is 0 Å². The van der Waals surface area contributed by atoms with Crippen LogP contribution in [0.2, 0.25) is 0 Å². The predicted octanol–water partition coefficient (Wildman–Crippen LogP) is 12.8. The first-order valence-electron chi connectivity index (χ1n) is 15.7. The Balaban J connectivity index is 1.17. The second-order valence-corrected chi connectivity index (χ2v) is 12.0. The lowest BCUT2D eigenvalue weighted by atomic mass is 9.85. The summed E-state index contributed by atoms with van der Waals surface area (Å²) < 4.78 is 12.8. The molecular formula is C44H26O2. The van der Waals surface area contributed by atoms with Crippen molar-refractivity contribution in [1.82, 2.24) is 0 Å². The van der Waals surface area contributed by atoms with Crippen LogP contribution in [0, 0.1) is 0 Å². The highest BCUT2D eigenvalue weighted by Crippen LogP contribution is 2.45. The summed E-state index contributed by atoms with van der Waals surface area (Å²) in [6.07, 6.45) is 0. The van der Waals surface area contributed by atoms with Crippen molar-refractivity contribution in [3.05, 3.63) is 158 Å². The molecule has 0 aliphatic carbocycles. The van der Waals surface area contributed by atoms with Crippen LogP contribution in [0.5, 0.6) is 0 Å². The Bertz CT molecular complexity index is 2740. The van der Waals surface area contributed by atoms with E-state index in [9.17, 15) is 0 Å². The lowest BCUT2D eigenvalue weighted by Gasteiger charge is -2.18. The molecule has 0 aliphatic heterocycles. The third-order valence-electron chi connectivity index (χ3n) is 9.46. The van der Waals surface area contributed by atoms with Crippen LogP contribution >= 0.6 is 0 Å². The lowest BCUT2D eigenvalue weighted by Crippen LogP contribution is -1.91. The van der Waals surface area contributed by atoms with Crippen molar-refractivity contribution in [3.63, 3.8) is 0 Å². The molecule has 0 spiro atoms. The molecule has 46 heavy (non-hydrogen) atoms. The zero-order valence-corrected chi connectivity index (χ0v) is 24.8. The maximum Gasteiger partial charge on any atom is 0.147 e. The highest BCUT2D eigenvalue weighted by Gasteiger charge is 2.18. The van der Waals surface area contributed by atoms with E-state index in [0.29, 0.717) is 0 Å². The van der Waals surface area contributed by atoms with E-state index in [1.807, 2.05) is 12.1 Å². The minimum Gasteiger partial charge on any atom is -0.456 e. The normalized spacial score (nSPS) is 11.9. The first-order valence-corrected chi connectivity index (χ1v) is 15.7. The van der Waals surface area contributed by atoms with Gasteiger partial charge in [-0.2, -0.15) is 0 Å². The number of para-hydroxylation sites is 1. The molecule has 0 saturated heterocycles. The molecule has 0 radical (unpaired) electrons. The average Bonchev–Trinajstić information content (AvgIpc) is 3.69. The van der Waals surface area contributed by atoms with Gasteiger partial charge in [0.05, 0.1) is 5.39 Å². The van der Waals surface area contributed by atoms with E-state index in [4.69, 9.17) is 8.83 Å². The van der Waals surface area contributed by atoms with E-state index in [1.54, 1.807) is 0 Å². The monoisotopic (exact) mass is 586 g/mol. The summed E-state index contributed by atoms with van der Waals surface area (Å²) in [6.45, 7) is 0. The number of hydrogen-bond acceptors (Lipinski definition) is 2. The van der Waals surface area contributed by atoms with Crippen LogP contribution in [0.1, 0.15) is 0 Å². The van der Waals surface area contributed by atoms with Crippen molar-refractivity contribution < 1.29 is 8.83 Å². The van der Waals surface area contributed by atoms with Crippen molar-refractivity contribution in [3.8, 4) is 33.4 Å². The van der Waals surface area contributed by atoms with Gasteiger partial charge in [0.25, 0.3) is 0 Å². The Hall–Kier alpha value is -6.12. The average molecular weight is 587 g/mol. The second-order valence-electron chi connectivity index (χ2n) is 12.0. The topological polar surface area (TPSA) is 26.3 Å². The molecule has 0 aliphatic rings. The standard InChI is InChI=1S/C44H26O2/c1-2-11-27(12-3-1)41-32-16-4-6-18-34(32)42(35-19-7-5-17-33(35)41)30-14-10-13-28(25-30)29-21-22-37-40(26-29)45-39-24-23-36-31-15-8-9-20-38(31)46-44(36)43(37)39/h1-26H. The van der Waals surface area contributed by atoms with E-state index < -0.39 is 0 Å². The van der Waals surface area contributed by atoms with E-state index >= 15 is 0 Å². The van der Waals surface area contributed by atoms with Gasteiger partial charge in [-0.25, -0.2) is 0 Å². The van der Waals surface area contributed by atoms with Crippen LogP contribution in [-0.4, -0.2) is 0 Å². The van der Waals surface area contributed by atoms with Gasteiger partial charge in [-0.15, -0.1) is 0 Å². The first kappa shape index (κ1) is 25.2. The molecule has 0 amide bonds. The highest BCUT2D eigenvalue weighted by atomic mass is 16.3. The summed E-state index contributed by atoms with van der Waals surface area (Å²) in [7, 11) is 0. The van der Waals surface area contributed by atoms with Gasteiger partial charge in [0, 0.05) is 16.2 Å². The van der Waals surface area contributed by atoms with Crippen molar-refractivity contribution in [2.24, 2.45) is 0 Å². The molecule has 0 unspecified atom stereocenters. The molecule has 0 fully saturated rings. The van der Waals surface area contributed by atoms with Gasteiger partial charge in [0.15, 0.2) is 0 Å². The molecule has 10 aromatic rings. The number of furan rings is 2. The zero-order chi connectivity index (χ0) is 30.2. The Morgan fingerprint density at radius 1 is 0.283 bits per heavy atom. The Kier molecular flexibility index (Phi) is 5.31. The minimum absolute atomic E-state index is 0.837. The van der Waals surface area contributed by atoms with Crippen molar-refractivity contribution >= 4 is 65.4 Å². The third kappa shape index (κ3) is 3.65. The quantitative estimate of drug-likeness (QED) is 0.193. The van der Waals surface area contributed by atoms with Crippen molar-refractivity contribution in [2.45, 2.75) is 0 Å². The Morgan fingerprint density at radius 3 is 1.59 bits per heavy atom. The molecule has 2 aromatic heterocycles. The SMILES string of the molecule is c1ccc(-c2c3ccccc3c(-c3cccc(-c4ccc5c(c4)oc4ccc6c7ccccc7oc6c45)c3)c3ccccc23)cc1. The van der Waals surface area contributed by atoms with Gasteiger partial charge in [-0.1, -0.05) is 121 Å². The molecule has 2 heteroatoms. The molecule has 0 bridgehead atoms. The van der Waals surface area contributed by atoms with Gasteiger partial charge < -0.3 is 8.83 Å². The Labute approximate surface area is 264 Å². The molecule has 0 saturated carbocycles. The van der Waals surface area contributed by atoms with E-state index in [-0.39, 0.29) is 0 Å². The van der Waals surface area contributed by atoms with Crippen molar-refractivity contribution in [1.29, 1.82) is 0 Å².